The maximum absolute atomic E-state index is 13.6. The smallest absolute Gasteiger partial charge is 0.260 e. The van der Waals surface area contributed by atoms with Crippen LogP contribution in [0.25, 0.3) is 33.3 Å². The van der Waals surface area contributed by atoms with E-state index >= 15 is 0 Å². The number of piperidine rings is 1. The summed E-state index contributed by atoms with van der Waals surface area (Å²) in [6, 6.07) is 18.1. The quantitative estimate of drug-likeness (QED) is 0.241. The molecule has 0 radical (unpaired) electrons. The van der Waals surface area contributed by atoms with Crippen molar-refractivity contribution in [3.05, 3.63) is 94.1 Å². The Kier molecular flexibility index (Phi) is 6.70. The van der Waals surface area contributed by atoms with Gasteiger partial charge in [0.05, 0.1) is 0 Å². The Hall–Kier alpha value is -3.94. The third kappa shape index (κ3) is 4.71. The molecule has 0 atom stereocenters. The fraction of sp³-hybridized carbons (Fsp3) is 0.233. The molecule has 1 aliphatic rings. The number of halogens is 1. The van der Waals surface area contributed by atoms with Gasteiger partial charge in [0.1, 0.15) is 5.65 Å². The molecule has 0 bridgehead atoms. The number of hydrogen-bond donors (Lipinski definition) is 3. The summed E-state index contributed by atoms with van der Waals surface area (Å²) < 4.78 is 1.67. The molecule has 7 nitrogen and oxygen atoms in total. The molecule has 1 fully saturated rings. The van der Waals surface area contributed by atoms with Gasteiger partial charge in [0, 0.05) is 52.4 Å². The molecule has 0 unspecified atom stereocenters. The normalized spacial score (nSPS) is 14.2. The number of aromatic nitrogens is 4. The number of rotatable bonds is 6. The van der Waals surface area contributed by atoms with Gasteiger partial charge in [0.2, 0.25) is 5.95 Å². The summed E-state index contributed by atoms with van der Waals surface area (Å²) in [5, 5.41) is 8.02. The Bertz CT molecular complexity index is 1640. The average molecular weight is 525 g/mol. The van der Waals surface area contributed by atoms with Crippen molar-refractivity contribution in [1.29, 1.82) is 0 Å². The first-order chi connectivity index (χ1) is 18.6. The highest BCUT2D eigenvalue weighted by Crippen LogP contribution is 2.32. The molecule has 0 aliphatic carbocycles. The van der Waals surface area contributed by atoms with E-state index in [-0.39, 0.29) is 5.56 Å². The topological polar surface area (TPSA) is 87.6 Å². The Morgan fingerprint density at radius 1 is 1.03 bits per heavy atom. The summed E-state index contributed by atoms with van der Waals surface area (Å²) in [4.78, 5) is 25.9. The van der Waals surface area contributed by atoms with Crippen LogP contribution in [0.2, 0.25) is 5.02 Å². The van der Waals surface area contributed by atoms with Crippen LogP contribution in [0.4, 0.5) is 11.6 Å². The molecule has 4 heterocycles. The molecule has 3 aromatic heterocycles. The number of nitrogens with one attached hydrogen (secondary N) is 3. The summed E-state index contributed by atoms with van der Waals surface area (Å²) in [6.45, 7) is 4.56. The van der Waals surface area contributed by atoms with Gasteiger partial charge in [-0.15, -0.1) is 0 Å². The first kappa shape index (κ1) is 24.4. The van der Waals surface area contributed by atoms with Crippen LogP contribution in [-0.4, -0.2) is 32.6 Å². The molecule has 3 N–H and O–H groups in total. The Balaban J connectivity index is 1.31. The maximum Gasteiger partial charge on any atom is 0.260 e. The zero-order valence-corrected chi connectivity index (χ0v) is 21.9. The van der Waals surface area contributed by atoms with E-state index in [1.165, 1.54) is 18.4 Å². The number of nitrogens with zero attached hydrogens (tertiary/aromatic N) is 3. The van der Waals surface area contributed by atoms with E-state index < -0.39 is 0 Å². The van der Waals surface area contributed by atoms with Crippen molar-refractivity contribution in [2.75, 3.05) is 18.4 Å². The summed E-state index contributed by atoms with van der Waals surface area (Å²) in [7, 11) is 0. The van der Waals surface area contributed by atoms with Crippen LogP contribution >= 0.6 is 11.6 Å². The predicted molar refractivity (Wildman–Crippen MR) is 154 cm³/mol. The average Bonchev–Trinajstić information content (AvgIpc) is 3.49. The highest BCUT2D eigenvalue weighted by atomic mass is 35.5. The molecule has 38 heavy (non-hydrogen) atoms. The van der Waals surface area contributed by atoms with Gasteiger partial charge >= 0.3 is 0 Å². The second-order valence-corrected chi connectivity index (χ2v) is 10.1. The van der Waals surface area contributed by atoms with E-state index in [4.69, 9.17) is 16.6 Å². The lowest BCUT2D eigenvalue weighted by Crippen LogP contribution is -2.26. The third-order valence-electron chi connectivity index (χ3n) is 7.31. The highest BCUT2D eigenvalue weighted by molar-refractivity contribution is 6.33. The van der Waals surface area contributed by atoms with Crippen molar-refractivity contribution >= 4 is 34.3 Å². The van der Waals surface area contributed by atoms with E-state index in [1.54, 1.807) is 10.8 Å². The number of pyridine rings is 1. The molecular formula is C30H29ClN6O. The number of anilines is 2. The Labute approximate surface area is 225 Å². The first-order valence-corrected chi connectivity index (χ1v) is 13.4. The van der Waals surface area contributed by atoms with Gasteiger partial charge < -0.3 is 15.6 Å². The van der Waals surface area contributed by atoms with Crippen LogP contribution in [-0.2, 0) is 6.54 Å². The lowest BCUT2D eigenvalue weighted by atomic mass is 9.90. The highest BCUT2D eigenvalue weighted by Gasteiger charge is 2.17. The minimum absolute atomic E-state index is 0.132. The summed E-state index contributed by atoms with van der Waals surface area (Å²) in [5.41, 5.74) is 5.98. The molecular weight excluding hydrogens is 496 g/mol. The van der Waals surface area contributed by atoms with Gasteiger partial charge in [0.25, 0.3) is 5.56 Å². The number of H-pyrrole nitrogens is 1. The van der Waals surface area contributed by atoms with Crippen LogP contribution in [0, 0.1) is 0 Å². The van der Waals surface area contributed by atoms with E-state index in [0.717, 1.165) is 35.3 Å². The largest absolute Gasteiger partial charge is 0.367 e. The van der Waals surface area contributed by atoms with E-state index in [2.05, 4.69) is 44.9 Å². The molecule has 6 rings (SSSR count). The minimum Gasteiger partial charge on any atom is -0.367 e. The zero-order chi connectivity index (χ0) is 26.1. The molecule has 0 amide bonds. The molecule has 2 aromatic carbocycles. The van der Waals surface area contributed by atoms with Crippen molar-refractivity contribution < 1.29 is 0 Å². The molecule has 8 heteroatoms. The number of aromatic amines is 1. The Morgan fingerprint density at radius 2 is 1.84 bits per heavy atom. The molecule has 1 aliphatic heterocycles. The molecule has 0 spiro atoms. The standard InChI is InChI=1S/C30H29ClN6O/c1-2-37-28-23(15-26(29(37)38)25-8-5-21(16-27(25)31)22-11-14-33-17-22)18-34-30(36-28)35-24-6-3-19(4-7-24)20-9-12-32-13-10-20/h3-8,11,14-18,20,32-33H,2,9-10,12-13H2,1H3,(H,34,35,36). The molecule has 5 aromatic rings. The Morgan fingerprint density at radius 3 is 2.55 bits per heavy atom. The van der Waals surface area contributed by atoms with Gasteiger partial charge in [0.15, 0.2) is 0 Å². The van der Waals surface area contributed by atoms with Crippen molar-refractivity contribution in [2.24, 2.45) is 0 Å². The fourth-order valence-electron chi connectivity index (χ4n) is 5.25. The molecule has 1 saturated heterocycles. The zero-order valence-electron chi connectivity index (χ0n) is 21.2. The van der Waals surface area contributed by atoms with E-state index in [1.807, 2.05) is 49.6 Å². The summed E-state index contributed by atoms with van der Waals surface area (Å²) in [5.74, 6) is 1.06. The van der Waals surface area contributed by atoms with Gasteiger partial charge in [-0.2, -0.15) is 4.98 Å². The van der Waals surface area contributed by atoms with Gasteiger partial charge in [-0.25, -0.2) is 4.98 Å². The summed E-state index contributed by atoms with van der Waals surface area (Å²) in [6.07, 6.45) is 7.87. The lowest BCUT2D eigenvalue weighted by molar-refractivity contribution is 0.460. The molecule has 0 saturated carbocycles. The number of aryl methyl sites for hydroxylation is 1. The number of hydrogen-bond acceptors (Lipinski definition) is 5. The fourth-order valence-corrected chi connectivity index (χ4v) is 5.53. The second-order valence-electron chi connectivity index (χ2n) is 9.65. The predicted octanol–water partition coefficient (Wildman–Crippen LogP) is 6.34. The minimum atomic E-state index is -0.132. The monoisotopic (exact) mass is 524 g/mol. The van der Waals surface area contributed by atoms with Crippen molar-refractivity contribution in [3.63, 3.8) is 0 Å². The van der Waals surface area contributed by atoms with E-state index in [9.17, 15) is 4.79 Å². The molecule has 192 valence electrons. The lowest BCUT2D eigenvalue weighted by Gasteiger charge is -2.23. The second kappa shape index (κ2) is 10.4. The van der Waals surface area contributed by atoms with Crippen LogP contribution in [0.1, 0.15) is 31.2 Å². The van der Waals surface area contributed by atoms with Gasteiger partial charge in [-0.05, 0) is 85.8 Å². The van der Waals surface area contributed by atoms with Crippen molar-refractivity contribution in [3.8, 4) is 22.3 Å². The number of benzene rings is 2. The van der Waals surface area contributed by atoms with Crippen molar-refractivity contribution in [1.82, 2.24) is 24.8 Å². The summed E-state index contributed by atoms with van der Waals surface area (Å²) >= 11 is 6.67. The van der Waals surface area contributed by atoms with Crippen LogP contribution in [0.3, 0.4) is 0 Å². The maximum atomic E-state index is 13.6. The van der Waals surface area contributed by atoms with Crippen LogP contribution < -0.4 is 16.2 Å². The van der Waals surface area contributed by atoms with Crippen LogP contribution in [0.15, 0.2) is 78.0 Å². The number of fused-ring (bicyclic) bond motifs is 1. The van der Waals surface area contributed by atoms with Gasteiger partial charge in [-0.3, -0.25) is 9.36 Å². The van der Waals surface area contributed by atoms with Gasteiger partial charge in [-0.1, -0.05) is 35.9 Å². The third-order valence-corrected chi connectivity index (χ3v) is 7.62. The SMILES string of the molecule is CCn1c(=O)c(-c2ccc(-c3cc[nH]c3)cc2Cl)cc2cnc(Nc3ccc(C4CCNCC4)cc3)nc21. The van der Waals surface area contributed by atoms with Crippen LogP contribution in [0.5, 0.6) is 0 Å². The van der Waals surface area contributed by atoms with E-state index in [0.29, 0.717) is 40.2 Å². The first-order valence-electron chi connectivity index (χ1n) is 13.0. The van der Waals surface area contributed by atoms with Crippen molar-refractivity contribution in [2.45, 2.75) is 32.2 Å².